The Morgan fingerprint density at radius 1 is 1.15 bits per heavy atom. The van der Waals surface area contributed by atoms with Crippen molar-refractivity contribution in [3.05, 3.63) is 36.4 Å². The number of anilines is 2. The number of fused-ring (bicyclic) bond motifs is 1. The number of esters is 1. The molecule has 1 aliphatic heterocycles. The lowest BCUT2D eigenvalue weighted by Crippen LogP contribution is -2.37. The van der Waals surface area contributed by atoms with Crippen molar-refractivity contribution >= 4 is 28.4 Å². The number of methoxy groups -OCH3 is 2. The lowest BCUT2D eigenvalue weighted by molar-refractivity contribution is 0.0357. The second-order valence-corrected chi connectivity index (χ2v) is 7.74. The summed E-state index contributed by atoms with van der Waals surface area (Å²) < 4.78 is 23.5. The van der Waals surface area contributed by atoms with Crippen molar-refractivity contribution in [2.75, 3.05) is 59.0 Å². The van der Waals surface area contributed by atoms with Crippen molar-refractivity contribution in [3.63, 3.8) is 0 Å². The van der Waals surface area contributed by atoms with Crippen molar-refractivity contribution in [1.29, 1.82) is 0 Å². The van der Waals surface area contributed by atoms with E-state index in [1.165, 1.54) is 13.4 Å². The van der Waals surface area contributed by atoms with Crippen LogP contribution in [0.1, 0.15) is 16.9 Å². The Morgan fingerprint density at radius 2 is 1.97 bits per heavy atom. The van der Waals surface area contributed by atoms with E-state index in [2.05, 4.69) is 20.2 Å². The second kappa shape index (κ2) is 10.5. The zero-order valence-electron chi connectivity index (χ0n) is 19.2. The summed E-state index contributed by atoms with van der Waals surface area (Å²) in [5, 5.41) is 4.03. The quantitative estimate of drug-likeness (QED) is 0.385. The summed E-state index contributed by atoms with van der Waals surface area (Å²) in [7, 11) is 4.74. The molecule has 10 nitrogen and oxygen atoms in total. The third kappa shape index (κ3) is 5.35. The lowest BCUT2D eigenvalue weighted by atomic mass is 10.2. The average molecular weight is 456 g/mol. The highest BCUT2D eigenvalue weighted by atomic mass is 16.5. The van der Waals surface area contributed by atoms with Crippen LogP contribution >= 0.6 is 0 Å². The first-order valence-corrected chi connectivity index (χ1v) is 10.9. The maximum atomic E-state index is 11.9. The van der Waals surface area contributed by atoms with Gasteiger partial charge in [-0.25, -0.2) is 14.8 Å². The van der Waals surface area contributed by atoms with Crippen molar-refractivity contribution in [2.24, 2.45) is 7.05 Å². The van der Waals surface area contributed by atoms with Crippen molar-refractivity contribution < 1.29 is 23.7 Å². The zero-order valence-corrected chi connectivity index (χ0v) is 19.2. The summed E-state index contributed by atoms with van der Waals surface area (Å²) in [6, 6.07) is 5.43. The Bertz CT molecular complexity index is 1110. The molecule has 0 saturated carbocycles. The number of hydrogen-bond acceptors (Lipinski definition) is 9. The number of carbonyl (C=O) groups excluding carboxylic acids is 1. The van der Waals surface area contributed by atoms with Crippen LogP contribution in [0.3, 0.4) is 0 Å². The smallest absolute Gasteiger partial charge is 0.354 e. The van der Waals surface area contributed by atoms with Gasteiger partial charge in [0.1, 0.15) is 17.8 Å². The minimum atomic E-state index is -0.407. The van der Waals surface area contributed by atoms with Gasteiger partial charge < -0.3 is 28.8 Å². The van der Waals surface area contributed by atoms with Gasteiger partial charge in [-0.3, -0.25) is 4.90 Å². The van der Waals surface area contributed by atoms with E-state index in [1.807, 2.05) is 12.1 Å². The van der Waals surface area contributed by atoms with E-state index in [4.69, 9.17) is 18.9 Å². The first kappa shape index (κ1) is 22.8. The van der Waals surface area contributed by atoms with Gasteiger partial charge in [-0.2, -0.15) is 0 Å². The molecule has 1 N–H and O–H groups in total. The van der Waals surface area contributed by atoms with Gasteiger partial charge in [0.2, 0.25) is 0 Å². The van der Waals surface area contributed by atoms with Crippen LogP contribution in [0.5, 0.6) is 11.5 Å². The molecule has 3 aromatic rings. The number of nitrogens with one attached hydrogen (secondary N) is 1. The zero-order chi connectivity index (χ0) is 23.2. The summed E-state index contributed by atoms with van der Waals surface area (Å²) in [4.78, 5) is 23.1. The molecule has 0 amide bonds. The van der Waals surface area contributed by atoms with Crippen LogP contribution in [0.2, 0.25) is 0 Å². The Balaban J connectivity index is 1.49. The molecule has 1 fully saturated rings. The fourth-order valence-electron chi connectivity index (χ4n) is 3.81. The second-order valence-electron chi connectivity index (χ2n) is 7.74. The van der Waals surface area contributed by atoms with Gasteiger partial charge >= 0.3 is 5.97 Å². The molecule has 0 bridgehead atoms. The molecular weight excluding hydrogens is 426 g/mol. The third-order valence-electron chi connectivity index (χ3n) is 5.56. The molecule has 176 valence electrons. The molecule has 0 spiro atoms. The van der Waals surface area contributed by atoms with E-state index < -0.39 is 5.97 Å². The number of carbonyl (C=O) groups is 1. The fraction of sp³-hybridized carbons (Fsp3) is 0.435. The van der Waals surface area contributed by atoms with Crippen LogP contribution in [0.25, 0.3) is 10.9 Å². The largest absolute Gasteiger partial charge is 0.493 e. The molecule has 0 aliphatic carbocycles. The minimum Gasteiger partial charge on any atom is -0.493 e. The summed E-state index contributed by atoms with van der Waals surface area (Å²) in [5.41, 5.74) is 1.87. The Kier molecular flexibility index (Phi) is 7.26. The van der Waals surface area contributed by atoms with Gasteiger partial charge in [-0.15, -0.1) is 0 Å². The number of rotatable bonds is 9. The monoisotopic (exact) mass is 455 g/mol. The molecule has 0 atom stereocenters. The van der Waals surface area contributed by atoms with Crippen molar-refractivity contribution in [3.8, 4) is 11.5 Å². The maximum Gasteiger partial charge on any atom is 0.354 e. The molecule has 1 saturated heterocycles. The van der Waals surface area contributed by atoms with Gasteiger partial charge in [-0.05, 0) is 18.6 Å². The van der Waals surface area contributed by atoms with Crippen LogP contribution in [-0.4, -0.2) is 79.1 Å². The van der Waals surface area contributed by atoms with Gasteiger partial charge in [0, 0.05) is 44.3 Å². The number of morpholine rings is 1. The first-order chi connectivity index (χ1) is 16.1. The van der Waals surface area contributed by atoms with Crippen LogP contribution in [0, 0.1) is 0 Å². The SMILES string of the molecule is COC(=O)c1cc(Nc2ncnc3cc(OCCCN4CCOCC4)c(OC)cc23)cn1C. The molecule has 1 aliphatic rings. The highest BCUT2D eigenvalue weighted by Gasteiger charge is 2.16. The van der Waals surface area contributed by atoms with Gasteiger partial charge in [0.15, 0.2) is 11.5 Å². The van der Waals surface area contributed by atoms with Crippen LogP contribution in [0.15, 0.2) is 30.7 Å². The number of ether oxygens (including phenoxy) is 4. The number of nitrogens with zero attached hydrogens (tertiary/aromatic N) is 4. The standard InChI is InChI=1S/C23H29N5O5/c1-27-14-16(11-19(27)23(29)31-3)26-22-17-12-20(30-2)21(13-18(17)24-15-25-22)33-8-4-5-28-6-9-32-10-7-28/h11-15H,4-10H2,1-3H3,(H,24,25,26). The number of hydrogen-bond donors (Lipinski definition) is 1. The van der Waals surface area contributed by atoms with E-state index in [-0.39, 0.29) is 0 Å². The molecule has 33 heavy (non-hydrogen) atoms. The molecule has 0 unspecified atom stereocenters. The van der Waals surface area contributed by atoms with Gasteiger partial charge in [0.25, 0.3) is 0 Å². The molecule has 1 aromatic carbocycles. The van der Waals surface area contributed by atoms with E-state index in [0.717, 1.165) is 50.2 Å². The van der Waals surface area contributed by atoms with E-state index in [1.54, 1.807) is 31.0 Å². The minimum absolute atomic E-state index is 0.407. The Morgan fingerprint density at radius 3 is 2.73 bits per heavy atom. The summed E-state index contributed by atoms with van der Waals surface area (Å²) in [6.07, 6.45) is 4.20. The molecule has 2 aromatic heterocycles. The van der Waals surface area contributed by atoms with E-state index >= 15 is 0 Å². The van der Waals surface area contributed by atoms with Gasteiger partial charge in [-0.1, -0.05) is 0 Å². The molecule has 3 heterocycles. The highest BCUT2D eigenvalue weighted by molar-refractivity contribution is 5.94. The Hall–Kier alpha value is -3.37. The predicted molar refractivity (Wildman–Crippen MR) is 123 cm³/mol. The van der Waals surface area contributed by atoms with Crippen LogP contribution < -0.4 is 14.8 Å². The third-order valence-corrected chi connectivity index (χ3v) is 5.56. The van der Waals surface area contributed by atoms with Crippen LogP contribution in [0.4, 0.5) is 11.5 Å². The van der Waals surface area contributed by atoms with Crippen molar-refractivity contribution in [2.45, 2.75) is 6.42 Å². The molecule has 0 radical (unpaired) electrons. The van der Waals surface area contributed by atoms with Gasteiger partial charge in [0.05, 0.1) is 45.2 Å². The van der Waals surface area contributed by atoms with E-state index in [9.17, 15) is 4.79 Å². The summed E-state index contributed by atoms with van der Waals surface area (Å²) >= 11 is 0. The molecular formula is C23H29N5O5. The number of benzene rings is 1. The maximum absolute atomic E-state index is 11.9. The van der Waals surface area contributed by atoms with Crippen molar-refractivity contribution in [1.82, 2.24) is 19.4 Å². The molecule has 4 rings (SSSR count). The summed E-state index contributed by atoms with van der Waals surface area (Å²) in [5.74, 6) is 1.44. The predicted octanol–water partition coefficient (Wildman–Crippen LogP) is 2.61. The number of aromatic nitrogens is 3. The van der Waals surface area contributed by atoms with Crippen LogP contribution in [-0.2, 0) is 16.5 Å². The van der Waals surface area contributed by atoms with E-state index in [0.29, 0.717) is 35.3 Å². The normalized spacial score (nSPS) is 14.3. The highest BCUT2D eigenvalue weighted by Crippen LogP contribution is 2.35. The molecule has 10 heteroatoms. The first-order valence-electron chi connectivity index (χ1n) is 10.9. The average Bonchev–Trinajstić information content (AvgIpc) is 3.21. The topological polar surface area (TPSA) is 100.0 Å². The lowest BCUT2D eigenvalue weighted by Gasteiger charge is -2.26. The Labute approximate surface area is 192 Å². The summed E-state index contributed by atoms with van der Waals surface area (Å²) in [6.45, 7) is 5.07. The fourth-order valence-corrected chi connectivity index (χ4v) is 3.81. The number of aryl methyl sites for hydroxylation is 1.